The van der Waals surface area contributed by atoms with Crippen LogP contribution in [0.25, 0.3) is 17.2 Å². The number of aromatic nitrogens is 2. The third kappa shape index (κ3) is 26.0. The van der Waals surface area contributed by atoms with Gasteiger partial charge in [0.1, 0.15) is 23.7 Å². The largest absolute Gasteiger partial charge is 0.447 e. The average molecular weight is 1150 g/mol. The van der Waals surface area contributed by atoms with Crippen LogP contribution in [0.4, 0.5) is 28.0 Å². The fraction of sp³-hybridized carbons (Fsp3) is 0.560. The number of halogens is 4. The monoisotopic (exact) mass is 1150 g/mol. The van der Waals surface area contributed by atoms with E-state index >= 15 is 0 Å². The molecular weight excluding hydrogens is 1080 g/mol. The summed E-state index contributed by atoms with van der Waals surface area (Å²) in [5.41, 5.74) is 9.69. The number of carbonyl (C=O) groups excluding carboxylic acids is 3. The highest BCUT2D eigenvalue weighted by molar-refractivity contribution is 7.79. The Hall–Kier alpha value is -5.67. The molecule has 0 fully saturated rings. The van der Waals surface area contributed by atoms with Gasteiger partial charge in [-0.15, -0.1) is 0 Å². The van der Waals surface area contributed by atoms with Gasteiger partial charge in [-0.05, 0) is 24.1 Å². The van der Waals surface area contributed by atoms with Gasteiger partial charge in [-0.2, -0.15) is 8.78 Å². The molecule has 1 aliphatic heterocycles. The smallest absolute Gasteiger partial charge is 0.407 e. The molecule has 440 valence electrons. The summed E-state index contributed by atoms with van der Waals surface area (Å²) in [6.45, 7) is 8.20. The van der Waals surface area contributed by atoms with Gasteiger partial charge in [0.2, 0.25) is 17.4 Å². The van der Waals surface area contributed by atoms with E-state index in [-0.39, 0.29) is 77.6 Å². The Kier molecular flexibility index (Phi) is 33.1. The van der Waals surface area contributed by atoms with Gasteiger partial charge in [-0.1, -0.05) is 19.1 Å². The van der Waals surface area contributed by atoms with Crippen molar-refractivity contribution in [2.45, 2.75) is 31.1 Å². The second kappa shape index (κ2) is 39.7. The van der Waals surface area contributed by atoms with Crippen molar-refractivity contribution in [2.24, 2.45) is 10.7 Å². The van der Waals surface area contributed by atoms with E-state index in [0.29, 0.717) is 117 Å². The number of ether oxygens (including phenoxy) is 12. The van der Waals surface area contributed by atoms with E-state index in [2.05, 4.69) is 25.0 Å². The molecular formula is C50H68F4N6O18S. The maximum Gasteiger partial charge on any atom is 0.407 e. The van der Waals surface area contributed by atoms with E-state index in [4.69, 9.17) is 67.2 Å². The molecule has 2 amide bonds. The Morgan fingerprint density at radius 2 is 1.13 bits per heavy atom. The molecule has 1 atom stereocenters. The molecule has 24 nitrogen and oxygen atoms in total. The number of esters is 1. The number of benzene rings is 2. The van der Waals surface area contributed by atoms with Gasteiger partial charge < -0.3 is 72.4 Å². The molecule has 0 radical (unpaired) electrons. The molecule has 3 aromatic rings. The van der Waals surface area contributed by atoms with Gasteiger partial charge in [0.25, 0.3) is 5.91 Å². The van der Waals surface area contributed by atoms with Crippen LogP contribution in [-0.4, -0.2) is 206 Å². The van der Waals surface area contributed by atoms with Crippen LogP contribution in [-0.2, 0) is 77.6 Å². The summed E-state index contributed by atoms with van der Waals surface area (Å²) in [5, 5.41) is 3.86. The van der Waals surface area contributed by atoms with Crippen LogP contribution in [0.5, 0.6) is 5.75 Å². The predicted molar refractivity (Wildman–Crippen MR) is 272 cm³/mol. The number of aliphatic imine (C=N–C) groups is 1. The van der Waals surface area contributed by atoms with Gasteiger partial charge in [0, 0.05) is 48.6 Å². The van der Waals surface area contributed by atoms with Crippen molar-refractivity contribution in [1.82, 2.24) is 20.3 Å². The lowest BCUT2D eigenvalue weighted by molar-refractivity contribution is -0.181. The van der Waals surface area contributed by atoms with Gasteiger partial charge in [0.15, 0.2) is 22.7 Å². The van der Waals surface area contributed by atoms with Crippen LogP contribution in [0.15, 0.2) is 52.4 Å². The first-order valence-electron chi connectivity index (χ1n) is 25.1. The molecule has 2 heterocycles. The van der Waals surface area contributed by atoms with Crippen LogP contribution in [0.3, 0.4) is 0 Å². The van der Waals surface area contributed by atoms with E-state index in [1.807, 2.05) is 25.1 Å². The minimum absolute atomic E-state index is 0.0283. The Morgan fingerprint density at radius 3 is 1.59 bits per heavy atom. The van der Waals surface area contributed by atoms with Crippen LogP contribution in [0, 0.1) is 23.3 Å². The zero-order valence-corrected chi connectivity index (χ0v) is 44.6. The third-order valence-corrected chi connectivity index (χ3v) is 11.0. The number of nitrogens with two attached hydrogens (primary N) is 1. The molecule has 0 saturated carbocycles. The average Bonchev–Trinajstić information content (AvgIpc) is 3.61. The summed E-state index contributed by atoms with van der Waals surface area (Å²) in [6, 6.07) is 5.64. The lowest BCUT2D eigenvalue weighted by atomic mass is 10.0. The Morgan fingerprint density at radius 1 is 0.658 bits per heavy atom. The lowest BCUT2D eigenvalue weighted by Gasteiger charge is -2.22. The minimum Gasteiger partial charge on any atom is -0.447 e. The van der Waals surface area contributed by atoms with E-state index in [0.717, 1.165) is 16.7 Å². The number of amidine groups is 1. The fourth-order valence-corrected chi connectivity index (χ4v) is 7.02. The SMILES string of the molecule is CCCN(OCCNC(=O)OCCOCCOCCOCCOCCOCCOCCOCCOCCOCCOCCC(=O)Oc1c(F)c(F)c(S(=O)O)c(F)c1F)C(=O)C1=Cc2ccc(-c3cncnc3)cc2N=C(N)C1. The van der Waals surface area contributed by atoms with Crippen molar-refractivity contribution in [3.05, 3.63) is 71.3 Å². The van der Waals surface area contributed by atoms with Crippen molar-refractivity contribution >= 4 is 46.6 Å². The summed E-state index contributed by atoms with van der Waals surface area (Å²) in [6.07, 6.45) is 6.23. The first-order valence-corrected chi connectivity index (χ1v) is 26.2. The van der Waals surface area contributed by atoms with Crippen LogP contribution in [0.2, 0.25) is 0 Å². The van der Waals surface area contributed by atoms with Gasteiger partial charge >= 0.3 is 12.1 Å². The number of nitrogens with zero attached hydrogens (tertiary/aromatic N) is 4. The molecule has 0 aliphatic carbocycles. The topological polar surface area (TPSA) is 288 Å². The molecule has 4 N–H and O–H groups in total. The zero-order chi connectivity index (χ0) is 56.9. The summed E-state index contributed by atoms with van der Waals surface area (Å²) < 4.78 is 139. The number of nitrogens with one attached hydrogen (secondary N) is 1. The lowest BCUT2D eigenvalue weighted by Crippen LogP contribution is -2.37. The van der Waals surface area contributed by atoms with Crippen molar-refractivity contribution in [3.63, 3.8) is 0 Å². The van der Waals surface area contributed by atoms with Gasteiger partial charge in [0.05, 0.1) is 151 Å². The van der Waals surface area contributed by atoms with E-state index in [1.54, 1.807) is 18.5 Å². The minimum atomic E-state index is -3.36. The molecule has 29 heteroatoms. The second-order valence-corrected chi connectivity index (χ2v) is 17.1. The molecule has 79 heavy (non-hydrogen) atoms. The van der Waals surface area contributed by atoms with Crippen molar-refractivity contribution in [1.29, 1.82) is 0 Å². The number of hydroxylamine groups is 2. The van der Waals surface area contributed by atoms with E-state index in [9.17, 15) is 36.2 Å². The first-order chi connectivity index (χ1) is 38.4. The maximum absolute atomic E-state index is 14.0. The highest BCUT2D eigenvalue weighted by Crippen LogP contribution is 2.33. The van der Waals surface area contributed by atoms with Crippen LogP contribution < -0.4 is 15.8 Å². The number of amides is 2. The molecule has 1 aliphatic rings. The molecule has 1 aromatic heterocycles. The highest BCUT2D eigenvalue weighted by atomic mass is 32.2. The zero-order valence-electron chi connectivity index (χ0n) is 43.8. The number of hydrogen-bond donors (Lipinski definition) is 3. The van der Waals surface area contributed by atoms with Crippen molar-refractivity contribution < 1.29 is 102 Å². The maximum atomic E-state index is 14.0. The second-order valence-electron chi connectivity index (χ2n) is 16.2. The van der Waals surface area contributed by atoms with Crippen LogP contribution in [0.1, 0.15) is 31.7 Å². The van der Waals surface area contributed by atoms with Crippen LogP contribution >= 0.6 is 0 Å². The Labute approximate surface area is 456 Å². The van der Waals surface area contributed by atoms with E-state index < -0.39 is 63.5 Å². The standard InChI is InChI=1S/C50H68F4N6O18S/c1-2-7-60(49(62)38-30-37-4-3-36(39-33-56-35-57-34-39)31-40(37)59-41(55)32-38)77-9-6-58-50(63)76-29-28-75-27-26-74-25-24-73-23-22-72-21-20-71-19-18-70-17-16-69-15-14-68-13-12-67-11-10-66-8-5-42(61)78-47-43(51)45(53)48(79(64)65)46(54)44(47)52/h3-4,30-31,33-35H,2,5-29,32H2,1H3,(H2,55,59)(H,58,63)(H,64,65). The van der Waals surface area contributed by atoms with Gasteiger partial charge in [-0.3, -0.25) is 14.4 Å². The quantitative estimate of drug-likeness (QED) is 0.0137. The molecule has 2 aromatic carbocycles. The van der Waals surface area contributed by atoms with Crippen molar-refractivity contribution in [2.75, 3.05) is 158 Å². The first kappa shape index (κ1) is 65.8. The molecule has 1 unspecified atom stereocenters. The fourth-order valence-electron chi connectivity index (χ4n) is 6.53. The molecule has 0 saturated heterocycles. The Bertz CT molecular complexity index is 2360. The summed E-state index contributed by atoms with van der Waals surface area (Å²) in [4.78, 5) is 54.2. The number of alkyl carbamates (subject to hydrolysis) is 1. The number of carbonyl (C=O) groups is 3. The molecule has 0 spiro atoms. The van der Waals surface area contributed by atoms with Crippen molar-refractivity contribution in [3.8, 4) is 16.9 Å². The number of rotatable bonds is 43. The van der Waals surface area contributed by atoms with E-state index in [1.165, 1.54) is 11.4 Å². The summed E-state index contributed by atoms with van der Waals surface area (Å²) >= 11 is -3.36. The number of hydrogen-bond acceptors (Lipinski definition) is 21. The Balaban J connectivity index is 0.836. The summed E-state index contributed by atoms with van der Waals surface area (Å²) in [5.74, 6) is -11.6. The normalized spacial score (nSPS) is 12.6. The molecule has 4 rings (SSSR count). The summed E-state index contributed by atoms with van der Waals surface area (Å²) in [7, 11) is 0. The predicted octanol–water partition coefficient (Wildman–Crippen LogP) is 4.11. The molecule has 0 bridgehead atoms. The van der Waals surface area contributed by atoms with Gasteiger partial charge in [-0.25, -0.2) is 37.8 Å². The third-order valence-electron chi connectivity index (χ3n) is 10.3. The highest BCUT2D eigenvalue weighted by Gasteiger charge is 2.31. The number of fused-ring (bicyclic) bond motifs is 1.